The number of anilines is 1. The summed E-state index contributed by atoms with van der Waals surface area (Å²) < 4.78 is 29.2. The molecule has 4 aromatic carbocycles. The van der Waals surface area contributed by atoms with E-state index >= 15 is 0 Å². The van der Waals surface area contributed by atoms with E-state index in [1.165, 1.54) is 29.2 Å². The lowest BCUT2D eigenvalue weighted by Crippen LogP contribution is -2.54. The number of halogens is 2. The second-order valence-corrected chi connectivity index (χ2v) is 13.8. The first-order chi connectivity index (χ1) is 21.7. The number of nitrogens with one attached hydrogen (secondary N) is 1. The molecule has 1 fully saturated rings. The van der Waals surface area contributed by atoms with Crippen LogP contribution in [-0.4, -0.2) is 43.8 Å². The fraction of sp³-hybridized carbons (Fsp3) is 0.257. The highest BCUT2D eigenvalue weighted by atomic mass is 35.5. The molecule has 5 rings (SSSR count). The van der Waals surface area contributed by atoms with Gasteiger partial charge in [0.1, 0.15) is 12.6 Å². The van der Waals surface area contributed by atoms with Crippen molar-refractivity contribution in [2.75, 3.05) is 10.8 Å². The standard InChI is InChI=1S/C35H35Cl2N3O4S/c36-28-19-21-31(22-20-28)45(43,44)40(30-16-5-2-6-17-30)25-34(41)39(24-27-13-7-10-18-32(27)37)33(23-26-11-3-1-4-12-26)35(42)38-29-14-8-9-15-29/h1-7,10-13,16-22,29,33H,8-9,14-15,23-25H2,(H,38,42). The van der Waals surface area contributed by atoms with Crippen LogP contribution in [0.4, 0.5) is 5.69 Å². The van der Waals surface area contributed by atoms with E-state index in [1.54, 1.807) is 48.5 Å². The van der Waals surface area contributed by atoms with Crippen LogP contribution in [0.5, 0.6) is 0 Å². The van der Waals surface area contributed by atoms with Gasteiger partial charge in [-0.25, -0.2) is 8.42 Å². The van der Waals surface area contributed by atoms with E-state index in [9.17, 15) is 18.0 Å². The molecule has 0 aromatic heterocycles. The molecule has 45 heavy (non-hydrogen) atoms. The molecular weight excluding hydrogens is 629 g/mol. The molecule has 0 aliphatic heterocycles. The van der Waals surface area contributed by atoms with Crippen LogP contribution in [0.15, 0.2) is 114 Å². The molecule has 1 N–H and O–H groups in total. The SMILES string of the molecule is O=C(NC1CCCC1)C(Cc1ccccc1)N(Cc1ccccc1Cl)C(=O)CN(c1ccccc1)S(=O)(=O)c1ccc(Cl)cc1. The summed E-state index contributed by atoms with van der Waals surface area (Å²) in [7, 11) is -4.20. The number of carbonyl (C=O) groups is 2. The fourth-order valence-corrected chi connectivity index (χ4v) is 7.32. The largest absolute Gasteiger partial charge is 0.352 e. The Bertz CT molecular complexity index is 1700. The number of sulfonamides is 1. The minimum atomic E-state index is -4.20. The third-order valence-electron chi connectivity index (χ3n) is 8.00. The van der Waals surface area contributed by atoms with Crippen LogP contribution in [0.3, 0.4) is 0 Å². The Hall–Kier alpha value is -3.85. The van der Waals surface area contributed by atoms with Crippen molar-refractivity contribution in [2.45, 2.75) is 55.6 Å². The van der Waals surface area contributed by atoms with Crippen LogP contribution in [0, 0.1) is 0 Å². The molecule has 4 aromatic rings. The molecule has 0 heterocycles. The van der Waals surface area contributed by atoms with Gasteiger partial charge in [-0.3, -0.25) is 13.9 Å². The smallest absolute Gasteiger partial charge is 0.264 e. The van der Waals surface area contributed by atoms with E-state index < -0.39 is 28.5 Å². The first-order valence-electron chi connectivity index (χ1n) is 14.9. The molecule has 10 heteroatoms. The Labute approximate surface area is 274 Å². The first-order valence-corrected chi connectivity index (χ1v) is 17.1. The van der Waals surface area contributed by atoms with Gasteiger partial charge in [-0.15, -0.1) is 0 Å². The van der Waals surface area contributed by atoms with Gasteiger partial charge in [0.25, 0.3) is 10.0 Å². The van der Waals surface area contributed by atoms with Gasteiger partial charge in [-0.1, -0.05) is 103 Å². The molecular formula is C35H35Cl2N3O4S. The molecule has 7 nitrogen and oxygen atoms in total. The summed E-state index contributed by atoms with van der Waals surface area (Å²) in [6, 6.07) is 30.0. The van der Waals surface area contributed by atoms with Crippen LogP contribution >= 0.6 is 23.2 Å². The number of carbonyl (C=O) groups excluding carboxylic acids is 2. The lowest BCUT2D eigenvalue weighted by Gasteiger charge is -2.34. The Balaban J connectivity index is 1.56. The Morgan fingerprint density at radius 2 is 1.40 bits per heavy atom. The van der Waals surface area contributed by atoms with E-state index in [0.717, 1.165) is 35.6 Å². The molecule has 0 bridgehead atoms. The summed E-state index contributed by atoms with van der Waals surface area (Å²) in [5.41, 5.74) is 1.83. The summed E-state index contributed by atoms with van der Waals surface area (Å²) >= 11 is 12.6. The summed E-state index contributed by atoms with van der Waals surface area (Å²) in [4.78, 5) is 30.0. The average molecular weight is 665 g/mol. The zero-order chi connectivity index (χ0) is 31.8. The topological polar surface area (TPSA) is 86.8 Å². The molecule has 2 amide bonds. The Morgan fingerprint density at radius 1 is 0.800 bits per heavy atom. The zero-order valence-corrected chi connectivity index (χ0v) is 27.0. The second kappa shape index (κ2) is 15.0. The van der Waals surface area contributed by atoms with Gasteiger partial charge in [0, 0.05) is 29.1 Å². The third kappa shape index (κ3) is 8.25. The van der Waals surface area contributed by atoms with Crippen molar-refractivity contribution in [1.29, 1.82) is 0 Å². The van der Waals surface area contributed by atoms with Crippen LogP contribution < -0.4 is 9.62 Å². The van der Waals surface area contributed by atoms with Crippen molar-refractivity contribution >= 4 is 50.7 Å². The fourth-order valence-electron chi connectivity index (χ4n) is 5.59. The summed E-state index contributed by atoms with van der Waals surface area (Å²) in [6.07, 6.45) is 4.06. The first kappa shape index (κ1) is 32.5. The van der Waals surface area contributed by atoms with Gasteiger partial charge >= 0.3 is 0 Å². The normalized spacial score (nSPS) is 14.1. The van der Waals surface area contributed by atoms with Gasteiger partial charge in [-0.2, -0.15) is 0 Å². The van der Waals surface area contributed by atoms with Crippen LogP contribution in [0.25, 0.3) is 0 Å². The molecule has 0 saturated heterocycles. The molecule has 0 spiro atoms. The van der Waals surface area contributed by atoms with Crippen molar-refractivity contribution in [3.05, 3.63) is 130 Å². The number of hydrogen-bond donors (Lipinski definition) is 1. The highest BCUT2D eigenvalue weighted by Crippen LogP contribution is 2.27. The number of hydrogen-bond acceptors (Lipinski definition) is 4. The van der Waals surface area contributed by atoms with E-state index in [4.69, 9.17) is 23.2 Å². The molecule has 1 atom stereocenters. The maximum Gasteiger partial charge on any atom is 0.264 e. The van der Waals surface area contributed by atoms with Crippen LogP contribution in [-0.2, 0) is 32.6 Å². The highest BCUT2D eigenvalue weighted by Gasteiger charge is 2.35. The number of amides is 2. The maximum absolute atomic E-state index is 14.5. The number of rotatable bonds is 12. The monoisotopic (exact) mass is 663 g/mol. The number of benzene rings is 4. The van der Waals surface area contributed by atoms with E-state index in [2.05, 4.69) is 5.32 Å². The highest BCUT2D eigenvalue weighted by molar-refractivity contribution is 7.92. The van der Waals surface area contributed by atoms with Crippen LogP contribution in [0.2, 0.25) is 10.0 Å². The predicted molar refractivity (Wildman–Crippen MR) is 179 cm³/mol. The summed E-state index contributed by atoms with van der Waals surface area (Å²) in [6.45, 7) is -0.529. The summed E-state index contributed by atoms with van der Waals surface area (Å²) in [5.74, 6) is -0.822. The molecule has 1 aliphatic rings. The Kier molecular flexibility index (Phi) is 10.8. The second-order valence-electron chi connectivity index (χ2n) is 11.1. The molecule has 1 aliphatic carbocycles. The van der Waals surface area contributed by atoms with Crippen molar-refractivity contribution in [3.8, 4) is 0 Å². The van der Waals surface area contributed by atoms with Gasteiger partial charge in [-0.05, 0) is 66.4 Å². The Morgan fingerprint density at radius 3 is 2.04 bits per heavy atom. The average Bonchev–Trinajstić information content (AvgIpc) is 3.56. The van der Waals surface area contributed by atoms with Gasteiger partial charge in [0.05, 0.1) is 10.6 Å². The van der Waals surface area contributed by atoms with Crippen molar-refractivity contribution in [3.63, 3.8) is 0 Å². The van der Waals surface area contributed by atoms with E-state index in [-0.39, 0.29) is 29.8 Å². The van der Waals surface area contributed by atoms with E-state index in [0.29, 0.717) is 21.3 Å². The van der Waals surface area contributed by atoms with Gasteiger partial charge in [0.2, 0.25) is 11.8 Å². The number of nitrogens with zero attached hydrogens (tertiary/aromatic N) is 2. The minimum Gasteiger partial charge on any atom is -0.352 e. The lowest BCUT2D eigenvalue weighted by molar-refractivity contribution is -0.140. The van der Waals surface area contributed by atoms with Crippen molar-refractivity contribution in [1.82, 2.24) is 10.2 Å². The quantitative estimate of drug-likeness (QED) is 0.179. The summed E-state index contributed by atoms with van der Waals surface area (Å²) in [5, 5.41) is 4.00. The van der Waals surface area contributed by atoms with Crippen LogP contribution in [0.1, 0.15) is 36.8 Å². The lowest BCUT2D eigenvalue weighted by atomic mass is 10.0. The third-order valence-corrected chi connectivity index (χ3v) is 10.4. The minimum absolute atomic E-state index is 0.0116. The molecule has 0 radical (unpaired) electrons. The zero-order valence-electron chi connectivity index (χ0n) is 24.7. The van der Waals surface area contributed by atoms with Gasteiger partial charge < -0.3 is 10.2 Å². The molecule has 1 saturated carbocycles. The molecule has 234 valence electrons. The number of para-hydroxylation sites is 1. The molecule has 1 unspecified atom stereocenters. The predicted octanol–water partition coefficient (Wildman–Crippen LogP) is 6.89. The maximum atomic E-state index is 14.5. The van der Waals surface area contributed by atoms with Gasteiger partial charge in [0.15, 0.2) is 0 Å². The van der Waals surface area contributed by atoms with Crippen molar-refractivity contribution < 1.29 is 18.0 Å². The van der Waals surface area contributed by atoms with E-state index in [1.807, 2.05) is 36.4 Å². The van der Waals surface area contributed by atoms with Crippen molar-refractivity contribution in [2.24, 2.45) is 0 Å².